The van der Waals surface area contributed by atoms with Crippen molar-refractivity contribution < 1.29 is 0 Å². The fraction of sp³-hybridized carbons (Fsp3) is 0.500. The second-order valence-corrected chi connectivity index (χ2v) is 4.34. The molecule has 0 fully saturated rings. The highest BCUT2D eigenvalue weighted by Gasteiger charge is 2.15. The zero-order valence-electron chi connectivity index (χ0n) is 9.38. The van der Waals surface area contributed by atoms with Crippen LogP contribution in [-0.2, 0) is 20.6 Å². The molecule has 16 heavy (non-hydrogen) atoms. The molecule has 0 amide bonds. The lowest BCUT2D eigenvalue weighted by Crippen LogP contribution is -2.01. The SMILES string of the molecule is Cc1nn(C)c(Sc2nnnn2C)c1CN. The molecule has 0 unspecified atom stereocenters. The number of hydrogen-bond donors (Lipinski definition) is 1. The molecule has 2 rings (SSSR count). The topological polar surface area (TPSA) is 87.4 Å². The normalized spacial score (nSPS) is 11.0. The van der Waals surface area contributed by atoms with Crippen molar-refractivity contribution in [3.63, 3.8) is 0 Å². The molecule has 0 saturated carbocycles. The van der Waals surface area contributed by atoms with Gasteiger partial charge >= 0.3 is 0 Å². The van der Waals surface area contributed by atoms with Gasteiger partial charge in [-0.25, -0.2) is 4.68 Å². The van der Waals surface area contributed by atoms with Gasteiger partial charge in [0.05, 0.1) is 5.69 Å². The molecule has 2 aromatic rings. The number of nitrogens with two attached hydrogens (primary N) is 1. The van der Waals surface area contributed by atoms with Crippen LogP contribution in [0.15, 0.2) is 10.2 Å². The van der Waals surface area contributed by atoms with Crippen molar-refractivity contribution >= 4 is 11.8 Å². The third kappa shape index (κ3) is 1.81. The predicted octanol–water partition coefficient (Wildman–Crippen LogP) is -0.138. The fourth-order valence-corrected chi connectivity index (χ4v) is 2.38. The van der Waals surface area contributed by atoms with Gasteiger partial charge < -0.3 is 5.73 Å². The maximum absolute atomic E-state index is 5.71. The molecule has 0 aliphatic heterocycles. The summed E-state index contributed by atoms with van der Waals surface area (Å²) >= 11 is 1.47. The Balaban J connectivity index is 2.38. The molecule has 2 aromatic heterocycles. The van der Waals surface area contributed by atoms with Gasteiger partial charge in [0.25, 0.3) is 0 Å². The summed E-state index contributed by atoms with van der Waals surface area (Å²) in [5.41, 5.74) is 7.69. The Bertz CT molecular complexity index is 500. The Morgan fingerprint density at radius 1 is 1.31 bits per heavy atom. The predicted molar refractivity (Wildman–Crippen MR) is 58.8 cm³/mol. The standard InChI is InChI=1S/C8H13N7S/c1-5-6(4-9)7(14(2)11-5)16-8-10-12-13-15(8)3/h4,9H2,1-3H3. The molecule has 2 N–H and O–H groups in total. The highest BCUT2D eigenvalue weighted by molar-refractivity contribution is 7.99. The molecule has 0 aliphatic carbocycles. The minimum absolute atomic E-state index is 0.466. The second kappa shape index (κ2) is 4.22. The Morgan fingerprint density at radius 2 is 2.06 bits per heavy atom. The van der Waals surface area contributed by atoms with E-state index in [1.807, 2.05) is 14.0 Å². The summed E-state index contributed by atoms with van der Waals surface area (Å²) in [7, 11) is 3.69. The summed E-state index contributed by atoms with van der Waals surface area (Å²) in [6.07, 6.45) is 0. The van der Waals surface area contributed by atoms with E-state index in [1.54, 1.807) is 16.4 Å². The van der Waals surface area contributed by atoms with Crippen LogP contribution in [0.1, 0.15) is 11.3 Å². The monoisotopic (exact) mass is 239 g/mol. The molecular formula is C8H13N7S. The first-order chi connectivity index (χ1) is 7.63. The van der Waals surface area contributed by atoms with Crippen LogP contribution < -0.4 is 5.73 Å². The Hall–Kier alpha value is -1.41. The number of aryl methyl sites for hydroxylation is 3. The average Bonchev–Trinajstić information content (AvgIpc) is 2.74. The van der Waals surface area contributed by atoms with Gasteiger partial charge in [-0.15, -0.1) is 5.10 Å². The van der Waals surface area contributed by atoms with Gasteiger partial charge in [-0.1, -0.05) is 0 Å². The van der Waals surface area contributed by atoms with Gasteiger partial charge in [-0.05, 0) is 29.1 Å². The van der Waals surface area contributed by atoms with Crippen molar-refractivity contribution in [2.45, 2.75) is 23.7 Å². The minimum Gasteiger partial charge on any atom is -0.326 e. The smallest absolute Gasteiger partial charge is 0.215 e. The molecule has 0 aromatic carbocycles. The number of aromatic nitrogens is 6. The van der Waals surface area contributed by atoms with Crippen molar-refractivity contribution in [3.05, 3.63) is 11.3 Å². The van der Waals surface area contributed by atoms with Gasteiger partial charge in [0, 0.05) is 26.2 Å². The van der Waals surface area contributed by atoms with Gasteiger partial charge in [-0.3, -0.25) is 4.68 Å². The lowest BCUT2D eigenvalue weighted by atomic mass is 10.3. The van der Waals surface area contributed by atoms with Gasteiger partial charge in [0.15, 0.2) is 0 Å². The van der Waals surface area contributed by atoms with Crippen LogP contribution in [0.2, 0.25) is 0 Å². The van der Waals surface area contributed by atoms with Crippen LogP contribution in [0.25, 0.3) is 0 Å². The number of tetrazole rings is 1. The molecule has 0 bridgehead atoms. The summed E-state index contributed by atoms with van der Waals surface area (Å²) in [4.78, 5) is 0. The third-order valence-corrected chi connectivity index (χ3v) is 3.49. The Labute approximate surface area is 97.0 Å². The Kier molecular flexibility index (Phi) is 2.92. The number of nitrogens with zero attached hydrogens (tertiary/aromatic N) is 6. The van der Waals surface area contributed by atoms with E-state index >= 15 is 0 Å². The lowest BCUT2D eigenvalue weighted by molar-refractivity contribution is 0.657. The van der Waals surface area contributed by atoms with Crippen molar-refractivity contribution in [3.8, 4) is 0 Å². The average molecular weight is 239 g/mol. The van der Waals surface area contributed by atoms with Crippen molar-refractivity contribution in [2.24, 2.45) is 19.8 Å². The van der Waals surface area contributed by atoms with E-state index in [2.05, 4.69) is 20.6 Å². The van der Waals surface area contributed by atoms with E-state index in [0.717, 1.165) is 21.4 Å². The molecule has 0 radical (unpaired) electrons. The van der Waals surface area contributed by atoms with Crippen molar-refractivity contribution in [1.29, 1.82) is 0 Å². The summed E-state index contributed by atoms with van der Waals surface area (Å²) in [5, 5.41) is 17.3. The van der Waals surface area contributed by atoms with E-state index in [0.29, 0.717) is 6.54 Å². The first kappa shape index (κ1) is 11.1. The number of hydrogen-bond acceptors (Lipinski definition) is 6. The minimum atomic E-state index is 0.466. The lowest BCUT2D eigenvalue weighted by Gasteiger charge is -2.02. The molecule has 0 aliphatic rings. The third-order valence-electron chi connectivity index (χ3n) is 2.26. The molecule has 0 saturated heterocycles. The van der Waals surface area contributed by atoms with Crippen LogP contribution in [0.3, 0.4) is 0 Å². The Morgan fingerprint density at radius 3 is 2.62 bits per heavy atom. The van der Waals surface area contributed by atoms with E-state index in [9.17, 15) is 0 Å². The highest BCUT2D eigenvalue weighted by atomic mass is 32.2. The van der Waals surface area contributed by atoms with E-state index in [1.165, 1.54) is 11.8 Å². The van der Waals surface area contributed by atoms with E-state index in [-0.39, 0.29) is 0 Å². The summed E-state index contributed by atoms with van der Waals surface area (Å²) < 4.78 is 3.42. The van der Waals surface area contributed by atoms with Crippen molar-refractivity contribution in [2.75, 3.05) is 0 Å². The molecule has 8 heteroatoms. The quantitative estimate of drug-likeness (QED) is 0.802. The molecular weight excluding hydrogens is 226 g/mol. The van der Waals surface area contributed by atoms with Gasteiger partial charge in [-0.2, -0.15) is 5.10 Å². The van der Waals surface area contributed by atoms with Crippen LogP contribution in [0.5, 0.6) is 0 Å². The maximum atomic E-state index is 5.71. The molecule has 0 atom stereocenters. The zero-order valence-corrected chi connectivity index (χ0v) is 10.2. The molecule has 0 spiro atoms. The second-order valence-electron chi connectivity index (χ2n) is 3.38. The van der Waals surface area contributed by atoms with E-state index < -0.39 is 0 Å². The van der Waals surface area contributed by atoms with Crippen LogP contribution in [0, 0.1) is 6.92 Å². The summed E-state index contributed by atoms with van der Waals surface area (Å²) in [6, 6.07) is 0. The first-order valence-electron chi connectivity index (χ1n) is 4.76. The van der Waals surface area contributed by atoms with Gasteiger partial charge in [0.1, 0.15) is 5.03 Å². The van der Waals surface area contributed by atoms with Crippen LogP contribution in [-0.4, -0.2) is 30.0 Å². The maximum Gasteiger partial charge on any atom is 0.215 e. The fourth-order valence-electron chi connectivity index (χ4n) is 1.44. The van der Waals surface area contributed by atoms with Crippen molar-refractivity contribution in [1.82, 2.24) is 30.0 Å². The number of rotatable bonds is 3. The van der Waals surface area contributed by atoms with E-state index in [4.69, 9.17) is 5.73 Å². The summed E-state index contributed by atoms with van der Waals surface area (Å²) in [5.74, 6) is 0. The van der Waals surface area contributed by atoms with Gasteiger partial charge in [0.2, 0.25) is 5.16 Å². The van der Waals surface area contributed by atoms with Crippen LogP contribution in [0.4, 0.5) is 0 Å². The molecule has 2 heterocycles. The van der Waals surface area contributed by atoms with Crippen LogP contribution >= 0.6 is 11.8 Å². The molecule has 7 nitrogen and oxygen atoms in total. The largest absolute Gasteiger partial charge is 0.326 e. The summed E-state index contributed by atoms with van der Waals surface area (Å²) in [6.45, 7) is 2.41. The molecule has 86 valence electrons. The first-order valence-corrected chi connectivity index (χ1v) is 5.58. The highest BCUT2D eigenvalue weighted by Crippen LogP contribution is 2.29. The zero-order chi connectivity index (χ0) is 11.7.